The van der Waals surface area contributed by atoms with Gasteiger partial charge in [-0.05, 0) is 11.1 Å². The highest BCUT2D eigenvalue weighted by Crippen LogP contribution is 2.13. The van der Waals surface area contributed by atoms with Gasteiger partial charge in [0.15, 0.2) is 6.73 Å². The number of amides is 2. The van der Waals surface area contributed by atoms with Crippen molar-refractivity contribution in [2.24, 2.45) is 0 Å². The highest BCUT2D eigenvalue weighted by molar-refractivity contribution is 5.91. The lowest BCUT2D eigenvalue weighted by atomic mass is 10.0. The Morgan fingerprint density at radius 3 is 2.09 bits per heavy atom. The molecule has 0 aliphatic heterocycles. The highest BCUT2D eigenvalue weighted by Gasteiger charge is 2.36. The summed E-state index contributed by atoms with van der Waals surface area (Å²) in [5.74, 6) is -2.33. The summed E-state index contributed by atoms with van der Waals surface area (Å²) in [5, 5.41) is 2.52. The van der Waals surface area contributed by atoms with Gasteiger partial charge in [0, 0.05) is 19.8 Å². The van der Waals surface area contributed by atoms with Gasteiger partial charge in [0.2, 0.25) is 5.91 Å². The topological polar surface area (TPSA) is 128 Å². The van der Waals surface area contributed by atoms with E-state index in [1.807, 2.05) is 6.07 Å². The minimum absolute atomic E-state index is 0.0218. The maximum Gasteiger partial charge on any atom is 0.408 e. The molecule has 0 aliphatic rings. The molecule has 2 rings (SSSR count). The maximum absolute atomic E-state index is 13.5. The van der Waals surface area contributed by atoms with Crippen LogP contribution < -0.4 is 5.32 Å². The Morgan fingerprint density at radius 1 is 0.943 bits per heavy atom. The van der Waals surface area contributed by atoms with E-state index in [0.717, 1.165) is 24.5 Å². The smallest absolute Gasteiger partial charge is 0.408 e. The van der Waals surface area contributed by atoms with Gasteiger partial charge < -0.3 is 24.3 Å². The van der Waals surface area contributed by atoms with Crippen molar-refractivity contribution >= 4 is 30.2 Å². The number of carbonyl (C=O) groups is 5. The average molecular weight is 485 g/mol. The van der Waals surface area contributed by atoms with Gasteiger partial charge >= 0.3 is 18.0 Å². The van der Waals surface area contributed by atoms with E-state index in [2.05, 4.69) is 5.32 Å². The Morgan fingerprint density at radius 2 is 1.54 bits per heavy atom. The number of rotatable bonds is 12. The third-order valence-corrected chi connectivity index (χ3v) is 4.94. The van der Waals surface area contributed by atoms with Crippen LogP contribution in [-0.2, 0) is 46.4 Å². The van der Waals surface area contributed by atoms with Crippen molar-refractivity contribution in [1.29, 1.82) is 0 Å². The molecule has 10 nitrogen and oxygen atoms in total. The van der Waals surface area contributed by atoms with Crippen molar-refractivity contribution in [1.82, 2.24) is 10.2 Å². The summed E-state index contributed by atoms with van der Waals surface area (Å²) in [7, 11) is 1.11. The molecule has 10 heteroatoms. The molecule has 2 aromatic rings. The number of methoxy groups -OCH3 is 1. The number of alkyl carbamates (subject to hydrolysis) is 1. The van der Waals surface area contributed by atoms with Crippen molar-refractivity contribution in [3.8, 4) is 0 Å². The van der Waals surface area contributed by atoms with E-state index in [4.69, 9.17) is 14.2 Å². The molecule has 35 heavy (non-hydrogen) atoms. The summed E-state index contributed by atoms with van der Waals surface area (Å²) < 4.78 is 14.9. The van der Waals surface area contributed by atoms with Crippen LogP contribution >= 0.6 is 0 Å². The molecular weight excluding hydrogens is 456 g/mol. The lowest BCUT2D eigenvalue weighted by molar-refractivity contribution is -0.164. The molecule has 0 heterocycles. The number of hydrogen-bond donors (Lipinski definition) is 1. The molecule has 2 unspecified atom stereocenters. The summed E-state index contributed by atoms with van der Waals surface area (Å²) in [6.07, 6.45) is -0.758. The minimum atomic E-state index is -1.36. The second-order valence-electron chi connectivity index (χ2n) is 7.46. The third kappa shape index (κ3) is 8.92. The molecule has 0 fully saturated rings. The fourth-order valence-electron chi connectivity index (χ4n) is 3.20. The second-order valence-corrected chi connectivity index (χ2v) is 7.46. The molecule has 2 amide bonds. The third-order valence-electron chi connectivity index (χ3n) is 4.94. The molecular formula is C25H28N2O8. The zero-order chi connectivity index (χ0) is 25.6. The van der Waals surface area contributed by atoms with Crippen molar-refractivity contribution in [3.05, 3.63) is 71.8 Å². The summed E-state index contributed by atoms with van der Waals surface area (Å²) in [6, 6.07) is 15.3. The zero-order valence-corrected chi connectivity index (χ0v) is 19.5. The molecule has 0 saturated carbocycles. The van der Waals surface area contributed by atoms with E-state index in [-0.39, 0.29) is 13.0 Å². The molecule has 1 N–H and O–H groups in total. The monoisotopic (exact) mass is 484 g/mol. The number of nitrogens with zero attached hydrogens (tertiary/aromatic N) is 1. The molecule has 2 atom stereocenters. The molecule has 0 aliphatic carbocycles. The predicted molar refractivity (Wildman–Crippen MR) is 124 cm³/mol. The molecule has 0 spiro atoms. The summed E-state index contributed by atoms with van der Waals surface area (Å²) >= 11 is 0. The second kappa shape index (κ2) is 14.1. The summed E-state index contributed by atoms with van der Waals surface area (Å²) in [4.78, 5) is 62.0. The van der Waals surface area contributed by atoms with E-state index in [1.165, 1.54) is 0 Å². The first kappa shape index (κ1) is 27.0. The Kier molecular flexibility index (Phi) is 10.9. The number of ether oxygens (including phenoxy) is 3. The Bertz CT molecular complexity index is 997. The van der Waals surface area contributed by atoms with Crippen LogP contribution in [0.15, 0.2) is 60.7 Å². The Hall–Kier alpha value is -4.21. The van der Waals surface area contributed by atoms with Gasteiger partial charge in [0.1, 0.15) is 25.0 Å². The van der Waals surface area contributed by atoms with E-state index < -0.39 is 49.2 Å². The standard InChI is InChI=1S/C25H28N2O8/c1-18(29)35-17-27(22(13-14-28)24(31)33-2)23(30)21(15-19-9-5-3-6-10-19)26-25(32)34-16-20-11-7-4-8-12-20/h3-12,14,21-22H,13,15-17H2,1-2H3,(H,26,32). The summed E-state index contributed by atoms with van der Waals surface area (Å²) in [6.45, 7) is 0.496. The fraction of sp³-hybridized carbons (Fsp3) is 0.320. The molecule has 2 aromatic carbocycles. The van der Waals surface area contributed by atoms with Crippen molar-refractivity contribution in [2.45, 2.75) is 38.5 Å². The van der Waals surface area contributed by atoms with Crippen LogP contribution in [0.25, 0.3) is 0 Å². The molecule has 0 radical (unpaired) electrons. The molecule has 186 valence electrons. The van der Waals surface area contributed by atoms with Gasteiger partial charge in [-0.2, -0.15) is 0 Å². The number of esters is 2. The van der Waals surface area contributed by atoms with Crippen LogP contribution in [0, 0.1) is 0 Å². The average Bonchev–Trinajstić information content (AvgIpc) is 2.87. The first-order valence-electron chi connectivity index (χ1n) is 10.8. The minimum Gasteiger partial charge on any atom is -0.467 e. The summed E-state index contributed by atoms with van der Waals surface area (Å²) in [5.41, 5.74) is 1.47. The fourth-order valence-corrected chi connectivity index (χ4v) is 3.20. The van der Waals surface area contributed by atoms with Gasteiger partial charge in [-0.3, -0.25) is 14.5 Å². The van der Waals surface area contributed by atoms with E-state index in [0.29, 0.717) is 11.8 Å². The van der Waals surface area contributed by atoms with Crippen molar-refractivity contribution in [2.75, 3.05) is 13.8 Å². The number of hydrogen-bond acceptors (Lipinski definition) is 8. The van der Waals surface area contributed by atoms with Crippen molar-refractivity contribution in [3.63, 3.8) is 0 Å². The van der Waals surface area contributed by atoms with E-state index >= 15 is 0 Å². The predicted octanol–water partition coefficient (Wildman–Crippen LogP) is 2.00. The maximum atomic E-state index is 13.5. The highest BCUT2D eigenvalue weighted by atomic mass is 16.6. The van der Waals surface area contributed by atoms with Gasteiger partial charge in [-0.15, -0.1) is 0 Å². The van der Waals surface area contributed by atoms with Crippen LogP contribution in [0.1, 0.15) is 24.5 Å². The van der Waals surface area contributed by atoms with Crippen LogP contribution in [0.2, 0.25) is 0 Å². The van der Waals surface area contributed by atoms with Gasteiger partial charge in [0.25, 0.3) is 0 Å². The Balaban J connectivity index is 2.28. The van der Waals surface area contributed by atoms with Gasteiger partial charge in [-0.1, -0.05) is 60.7 Å². The quantitative estimate of drug-likeness (QED) is 0.210. The van der Waals surface area contributed by atoms with Crippen LogP contribution in [-0.4, -0.2) is 61.0 Å². The van der Waals surface area contributed by atoms with Crippen LogP contribution in [0.5, 0.6) is 0 Å². The molecule has 0 aromatic heterocycles. The van der Waals surface area contributed by atoms with Gasteiger partial charge in [-0.25, -0.2) is 9.59 Å². The number of nitrogens with one attached hydrogen (secondary N) is 1. The van der Waals surface area contributed by atoms with Gasteiger partial charge in [0.05, 0.1) is 7.11 Å². The number of aldehydes is 1. The lowest BCUT2D eigenvalue weighted by Crippen LogP contribution is -2.55. The van der Waals surface area contributed by atoms with Crippen LogP contribution in [0.4, 0.5) is 4.79 Å². The lowest BCUT2D eigenvalue weighted by Gasteiger charge is -2.31. The molecule has 0 bridgehead atoms. The Labute approximate surface area is 203 Å². The first-order valence-corrected chi connectivity index (χ1v) is 10.8. The van der Waals surface area contributed by atoms with Crippen LogP contribution in [0.3, 0.4) is 0 Å². The first-order chi connectivity index (χ1) is 16.8. The van der Waals surface area contributed by atoms with E-state index in [1.54, 1.807) is 54.6 Å². The zero-order valence-electron chi connectivity index (χ0n) is 19.5. The molecule has 0 saturated heterocycles. The normalized spacial score (nSPS) is 11.9. The number of carbonyl (C=O) groups excluding carboxylic acids is 5. The number of benzene rings is 2. The van der Waals surface area contributed by atoms with Crippen molar-refractivity contribution < 1.29 is 38.2 Å². The van der Waals surface area contributed by atoms with E-state index in [9.17, 15) is 24.0 Å². The SMILES string of the molecule is COC(=O)C(CC=O)N(COC(C)=O)C(=O)C(Cc1ccccc1)NC(=O)OCc1ccccc1. The largest absolute Gasteiger partial charge is 0.467 e.